The first-order valence-electron chi connectivity index (χ1n) is 21.5. The predicted octanol–water partition coefficient (Wildman–Crippen LogP) is -1.14. The van der Waals surface area contributed by atoms with Gasteiger partial charge in [0.15, 0.2) is 24.3 Å². The SMILES string of the molecule is CO[C@@H]1OC(CO)[C@@H](O)C(O[C@@H]2OC(C(=O)NC3CCCCC3NC(=O)n3ccc4c(N(C)[C@H]5CN(C(=O)CC#N)CC[C@H]5C)ncnc43)[C@@H](OC(C)C)C(O)C2O)C1NC(C)=O. The highest BCUT2D eigenvalue weighted by molar-refractivity contribution is 5.95. The summed E-state index contributed by atoms with van der Waals surface area (Å²) in [5.41, 5.74) is 0.349. The van der Waals surface area contributed by atoms with Crippen molar-refractivity contribution in [2.75, 3.05) is 38.8 Å². The van der Waals surface area contributed by atoms with Gasteiger partial charge in [-0.15, -0.1) is 0 Å². The number of amides is 4. The van der Waals surface area contributed by atoms with Gasteiger partial charge in [-0.1, -0.05) is 19.8 Å². The second kappa shape index (κ2) is 21.0. The normalized spacial score (nSPS) is 33.7. The maximum absolute atomic E-state index is 14.3. The Morgan fingerprint density at radius 1 is 1.00 bits per heavy atom. The molecule has 0 spiro atoms. The van der Waals surface area contributed by atoms with Crippen molar-refractivity contribution in [3.8, 4) is 6.07 Å². The number of aliphatic hydroxyl groups excluding tert-OH is 4. The number of nitrogens with zero attached hydrogens (tertiary/aromatic N) is 6. The Hall–Kier alpha value is -4.57. The number of piperidine rings is 1. The van der Waals surface area contributed by atoms with Crippen molar-refractivity contribution in [2.45, 2.75) is 152 Å². The number of nitrogens with one attached hydrogen (secondary N) is 3. The van der Waals surface area contributed by atoms with Gasteiger partial charge < -0.3 is 69.9 Å². The fourth-order valence-corrected chi connectivity index (χ4v) is 9.07. The first-order chi connectivity index (χ1) is 30.1. The number of carbonyl (C=O) groups is 4. The summed E-state index contributed by atoms with van der Waals surface area (Å²) < 4.78 is 30.4. The zero-order chi connectivity index (χ0) is 45.7. The van der Waals surface area contributed by atoms with Crippen LogP contribution >= 0.6 is 0 Å². The molecule has 6 rings (SSSR count). The Bertz CT molecular complexity index is 1970. The smallest absolute Gasteiger partial charge is 0.327 e. The van der Waals surface area contributed by atoms with Gasteiger partial charge in [-0.05, 0) is 45.1 Å². The summed E-state index contributed by atoms with van der Waals surface area (Å²) in [5, 5.41) is 62.1. The molecule has 0 radical (unpaired) electrons. The summed E-state index contributed by atoms with van der Waals surface area (Å²) >= 11 is 0. The maximum Gasteiger partial charge on any atom is 0.327 e. The van der Waals surface area contributed by atoms with Crippen LogP contribution in [-0.2, 0) is 38.1 Å². The van der Waals surface area contributed by atoms with Gasteiger partial charge >= 0.3 is 6.03 Å². The Kier molecular flexibility index (Phi) is 15.9. The second-order valence-corrected chi connectivity index (χ2v) is 17.0. The van der Waals surface area contributed by atoms with E-state index in [9.17, 15) is 39.6 Å². The molecule has 22 heteroatoms. The zero-order valence-corrected chi connectivity index (χ0v) is 36.4. The van der Waals surface area contributed by atoms with E-state index in [0.29, 0.717) is 42.8 Å². The number of rotatable bonds is 13. The van der Waals surface area contributed by atoms with Gasteiger partial charge in [0, 0.05) is 46.4 Å². The predicted molar refractivity (Wildman–Crippen MR) is 220 cm³/mol. The van der Waals surface area contributed by atoms with Crippen molar-refractivity contribution < 1.29 is 63.3 Å². The molecule has 1 saturated carbocycles. The first-order valence-corrected chi connectivity index (χ1v) is 21.5. The molecule has 3 aliphatic heterocycles. The van der Waals surface area contributed by atoms with Crippen molar-refractivity contribution in [3.63, 3.8) is 0 Å². The van der Waals surface area contributed by atoms with E-state index in [0.717, 1.165) is 19.3 Å². The van der Waals surface area contributed by atoms with Crippen LogP contribution in [0.4, 0.5) is 10.6 Å². The van der Waals surface area contributed by atoms with Crippen molar-refractivity contribution in [3.05, 3.63) is 18.6 Å². The highest BCUT2D eigenvalue weighted by Gasteiger charge is 2.54. The number of likely N-dealkylation sites (tertiary alicyclic amines) is 1. The lowest BCUT2D eigenvalue weighted by atomic mass is 9.89. The number of anilines is 1. The number of aromatic nitrogens is 3. The van der Waals surface area contributed by atoms with Crippen LogP contribution in [0.1, 0.15) is 66.2 Å². The minimum atomic E-state index is -1.80. The number of hydrogen-bond acceptors (Lipinski definition) is 17. The van der Waals surface area contributed by atoms with Gasteiger partial charge in [0.2, 0.25) is 11.8 Å². The van der Waals surface area contributed by atoms with E-state index in [1.165, 1.54) is 24.9 Å². The third kappa shape index (κ3) is 10.5. The van der Waals surface area contributed by atoms with Crippen LogP contribution in [0.25, 0.3) is 11.0 Å². The van der Waals surface area contributed by atoms with E-state index in [4.69, 9.17) is 28.9 Å². The average Bonchev–Trinajstić information content (AvgIpc) is 3.70. The van der Waals surface area contributed by atoms with Gasteiger partial charge in [0.05, 0.1) is 36.2 Å². The number of nitriles is 1. The molecular weight excluding hydrogens is 827 g/mol. The number of aliphatic hydroxyl groups is 4. The van der Waals surface area contributed by atoms with Gasteiger partial charge in [0.25, 0.3) is 5.91 Å². The first kappa shape index (κ1) is 47.9. The molecule has 22 nitrogen and oxygen atoms in total. The summed E-state index contributed by atoms with van der Waals surface area (Å²) in [6.07, 6.45) is -8.17. The quantitative estimate of drug-likeness (QED) is 0.125. The Balaban J connectivity index is 1.18. The van der Waals surface area contributed by atoms with E-state index in [1.807, 2.05) is 18.0 Å². The highest BCUT2D eigenvalue weighted by Crippen LogP contribution is 2.33. The summed E-state index contributed by atoms with van der Waals surface area (Å²) in [6, 6.07) is 0.754. The monoisotopic (exact) mass is 887 g/mol. The molecule has 4 fully saturated rings. The molecule has 2 aromatic heterocycles. The molecule has 3 saturated heterocycles. The second-order valence-electron chi connectivity index (χ2n) is 17.0. The van der Waals surface area contributed by atoms with Crippen LogP contribution in [0.5, 0.6) is 0 Å². The largest absolute Gasteiger partial charge is 0.394 e. The van der Waals surface area contributed by atoms with Crippen molar-refractivity contribution in [1.29, 1.82) is 5.26 Å². The number of ether oxygens (including phenoxy) is 5. The lowest BCUT2D eigenvalue weighted by molar-refractivity contribution is -0.341. The molecule has 5 heterocycles. The summed E-state index contributed by atoms with van der Waals surface area (Å²) in [6.45, 7) is 7.02. The van der Waals surface area contributed by atoms with Gasteiger partial charge in [0.1, 0.15) is 61.2 Å². The van der Waals surface area contributed by atoms with Crippen LogP contribution in [0, 0.1) is 17.2 Å². The molecule has 0 bridgehead atoms. The molecule has 8 unspecified atom stereocenters. The minimum Gasteiger partial charge on any atom is -0.394 e. The van der Waals surface area contributed by atoms with E-state index in [1.54, 1.807) is 31.0 Å². The zero-order valence-electron chi connectivity index (χ0n) is 36.4. The number of methoxy groups -OCH3 is 1. The molecule has 348 valence electrons. The minimum absolute atomic E-state index is 0.107. The van der Waals surface area contributed by atoms with Gasteiger partial charge in [-0.2, -0.15) is 5.26 Å². The number of fused-ring (bicyclic) bond motifs is 1. The molecule has 0 aromatic carbocycles. The molecule has 63 heavy (non-hydrogen) atoms. The standard InChI is InChI=1S/C41H61N9O13/c1-20(2)60-34-31(55)32(56)40(62-33-29(45-22(4)52)39(59-6)61-27(18-51)30(33)54)63-35(34)38(57)46-24-9-7-8-10-25(24)47-41(58)50-16-13-23-36(43-19-44-37(23)50)48(5)26-17-49(15-12-21(26)3)28(53)11-14-42/h13,16,19-21,24-27,29-35,39-40,51,54-56H,7-12,15,17-18H2,1-6H3,(H,45,52)(H,46,57)(H,47,58)/t21-,24?,25?,26+,27?,29?,30-,31?,32?,33?,34+,35?,39-,40-/m1/s1. The molecule has 1 aliphatic carbocycles. The number of hydrogen-bond donors (Lipinski definition) is 7. The molecular formula is C41H61N9O13. The molecule has 7 N–H and O–H groups in total. The number of likely N-dealkylation sites (N-methyl/N-ethyl adjacent to an activating group) is 1. The average molecular weight is 888 g/mol. The van der Waals surface area contributed by atoms with Crippen LogP contribution in [0.2, 0.25) is 0 Å². The van der Waals surface area contributed by atoms with Crippen LogP contribution in [0.15, 0.2) is 18.6 Å². The molecule has 2 aromatic rings. The Morgan fingerprint density at radius 3 is 2.37 bits per heavy atom. The lowest BCUT2D eigenvalue weighted by Gasteiger charge is -2.48. The maximum atomic E-state index is 14.3. The Labute approximate surface area is 365 Å². The molecule has 4 aliphatic rings. The summed E-state index contributed by atoms with van der Waals surface area (Å²) in [7, 11) is 3.17. The van der Waals surface area contributed by atoms with E-state index in [2.05, 4.69) is 32.8 Å². The van der Waals surface area contributed by atoms with Gasteiger partial charge in [-0.25, -0.2) is 14.8 Å². The lowest BCUT2D eigenvalue weighted by Crippen LogP contribution is -2.69. The Morgan fingerprint density at radius 2 is 1.71 bits per heavy atom. The van der Waals surface area contributed by atoms with Crippen molar-refractivity contribution >= 4 is 40.6 Å². The van der Waals surface area contributed by atoms with Crippen LogP contribution in [-0.4, -0.2) is 183 Å². The third-order valence-electron chi connectivity index (χ3n) is 12.4. The van der Waals surface area contributed by atoms with E-state index in [-0.39, 0.29) is 24.3 Å². The van der Waals surface area contributed by atoms with E-state index < -0.39 is 104 Å². The third-order valence-corrected chi connectivity index (χ3v) is 12.4. The summed E-state index contributed by atoms with van der Waals surface area (Å²) in [4.78, 5) is 65.7. The summed E-state index contributed by atoms with van der Waals surface area (Å²) in [5.74, 6) is -0.695. The van der Waals surface area contributed by atoms with E-state index >= 15 is 0 Å². The fourth-order valence-electron chi connectivity index (χ4n) is 9.07. The topological polar surface area (TPSA) is 292 Å². The fraction of sp³-hybridized carbons (Fsp3) is 0.732. The van der Waals surface area contributed by atoms with Crippen molar-refractivity contribution in [2.24, 2.45) is 5.92 Å². The van der Waals surface area contributed by atoms with Crippen LogP contribution in [0.3, 0.4) is 0 Å². The van der Waals surface area contributed by atoms with Gasteiger partial charge in [-0.3, -0.25) is 19.0 Å². The molecule has 4 amide bonds. The van der Waals surface area contributed by atoms with Crippen molar-refractivity contribution in [1.82, 2.24) is 35.4 Å². The number of carbonyl (C=O) groups excluding carboxylic acids is 4. The van der Waals surface area contributed by atoms with Crippen LogP contribution < -0.4 is 20.9 Å². The molecule has 14 atom stereocenters. The highest BCUT2D eigenvalue weighted by atomic mass is 16.7.